The number of urea groups is 1. The smallest absolute Gasteiger partial charge is 0.321 e. The summed E-state index contributed by atoms with van der Waals surface area (Å²) in [5, 5.41) is 5.07. The molecule has 4 nitrogen and oxygen atoms in total. The van der Waals surface area contributed by atoms with Gasteiger partial charge in [0.05, 0.1) is 5.92 Å². The lowest BCUT2D eigenvalue weighted by atomic mass is 9.83. The maximum atomic E-state index is 11.3. The summed E-state index contributed by atoms with van der Waals surface area (Å²) in [4.78, 5) is 22.2. The summed E-state index contributed by atoms with van der Waals surface area (Å²) < 4.78 is 0. The van der Waals surface area contributed by atoms with Crippen LogP contribution in [0.5, 0.6) is 0 Å². The van der Waals surface area contributed by atoms with Crippen LogP contribution in [0.15, 0.2) is 0 Å². The monoisotopic (exact) mass is 168 g/mol. The molecule has 0 bridgehead atoms. The van der Waals surface area contributed by atoms with E-state index in [1.807, 2.05) is 0 Å². The third kappa shape index (κ3) is 1.17. The number of carbonyl (C=O) groups excluding carboxylic acids is 2. The molecule has 0 radical (unpaired) electrons. The Morgan fingerprint density at radius 3 is 2.75 bits per heavy atom. The maximum Gasteiger partial charge on any atom is 0.321 e. The van der Waals surface area contributed by atoms with E-state index in [-0.39, 0.29) is 23.9 Å². The van der Waals surface area contributed by atoms with Gasteiger partial charge in [-0.2, -0.15) is 0 Å². The molecule has 4 heteroatoms. The minimum atomic E-state index is -0.330. The van der Waals surface area contributed by atoms with E-state index >= 15 is 0 Å². The highest BCUT2D eigenvalue weighted by Crippen LogP contribution is 2.26. The van der Waals surface area contributed by atoms with Crippen LogP contribution in [0, 0.1) is 5.92 Å². The van der Waals surface area contributed by atoms with Crippen molar-refractivity contribution in [1.29, 1.82) is 0 Å². The van der Waals surface area contributed by atoms with Crippen LogP contribution < -0.4 is 10.6 Å². The highest BCUT2D eigenvalue weighted by atomic mass is 16.2. The zero-order chi connectivity index (χ0) is 8.55. The first kappa shape index (κ1) is 7.58. The highest BCUT2D eigenvalue weighted by molar-refractivity contribution is 5.98. The van der Waals surface area contributed by atoms with Crippen LogP contribution in [0.4, 0.5) is 4.79 Å². The SMILES string of the molecule is O=C1NC(=O)[C@H]2CCCC[C@H]2N1. The Morgan fingerprint density at radius 1 is 1.17 bits per heavy atom. The maximum absolute atomic E-state index is 11.3. The van der Waals surface area contributed by atoms with Crippen LogP contribution >= 0.6 is 0 Å². The number of carbonyl (C=O) groups is 2. The van der Waals surface area contributed by atoms with Gasteiger partial charge < -0.3 is 5.32 Å². The van der Waals surface area contributed by atoms with Crippen molar-refractivity contribution in [3.63, 3.8) is 0 Å². The lowest BCUT2D eigenvalue weighted by Crippen LogP contribution is -2.58. The molecule has 0 aromatic rings. The van der Waals surface area contributed by atoms with Crippen molar-refractivity contribution in [2.24, 2.45) is 5.92 Å². The second-order valence-electron chi connectivity index (χ2n) is 3.46. The summed E-state index contributed by atoms with van der Waals surface area (Å²) in [6, 6.07) is -0.233. The lowest BCUT2D eigenvalue weighted by molar-refractivity contribution is -0.126. The summed E-state index contributed by atoms with van der Waals surface area (Å²) in [5.74, 6) is -0.0695. The molecule has 2 N–H and O–H groups in total. The van der Waals surface area contributed by atoms with Gasteiger partial charge in [0.15, 0.2) is 0 Å². The van der Waals surface area contributed by atoms with Gasteiger partial charge in [-0.3, -0.25) is 10.1 Å². The van der Waals surface area contributed by atoms with Gasteiger partial charge in [-0.05, 0) is 12.8 Å². The predicted octanol–water partition coefficient (Wildman–Crippen LogP) is 0.385. The number of nitrogens with one attached hydrogen (secondary N) is 2. The molecular formula is C8H12N2O2. The second kappa shape index (κ2) is 2.77. The topological polar surface area (TPSA) is 58.2 Å². The van der Waals surface area contributed by atoms with Crippen LogP contribution in [0.2, 0.25) is 0 Å². The van der Waals surface area contributed by atoms with E-state index < -0.39 is 0 Å². The van der Waals surface area contributed by atoms with E-state index in [0.29, 0.717) is 0 Å². The van der Waals surface area contributed by atoms with Crippen molar-refractivity contribution < 1.29 is 9.59 Å². The van der Waals surface area contributed by atoms with Crippen molar-refractivity contribution in [2.75, 3.05) is 0 Å². The van der Waals surface area contributed by atoms with Crippen molar-refractivity contribution in [3.05, 3.63) is 0 Å². The molecule has 0 unspecified atom stereocenters. The Hall–Kier alpha value is -1.06. The highest BCUT2D eigenvalue weighted by Gasteiger charge is 2.36. The van der Waals surface area contributed by atoms with Crippen molar-refractivity contribution >= 4 is 11.9 Å². The van der Waals surface area contributed by atoms with Gasteiger partial charge in [0.1, 0.15) is 0 Å². The molecule has 0 aromatic carbocycles. The molecular weight excluding hydrogens is 156 g/mol. The van der Waals surface area contributed by atoms with Crippen LogP contribution in [-0.4, -0.2) is 18.0 Å². The van der Waals surface area contributed by atoms with E-state index in [0.717, 1.165) is 25.7 Å². The summed E-state index contributed by atoms with van der Waals surface area (Å²) in [6.45, 7) is 0. The molecule has 1 aliphatic heterocycles. The molecule has 1 saturated carbocycles. The van der Waals surface area contributed by atoms with Crippen LogP contribution in [-0.2, 0) is 4.79 Å². The predicted molar refractivity (Wildman–Crippen MR) is 42.4 cm³/mol. The minimum Gasteiger partial charge on any atom is -0.334 e. The quantitative estimate of drug-likeness (QED) is 0.549. The lowest BCUT2D eigenvalue weighted by Gasteiger charge is -2.34. The molecule has 2 fully saturated rings. The van der Waals surface area contributed by atoms with E-state index in [2.05, 4.69) is 10.6 Å². The zero-order valence-corrected chi connectivity index (χ0v) is 6.80. The fourth-order valence-corrected chi connectivity index (χ4v) is 2.03. The van der Waals surface area contributed by atoms with Crippen LogP contribution in [0.25, 0.3) is 0 Å². The molecule has 66 valence electrons. The number of amides is 3. The van der Waals surface area contributed by atoms with E-state index in [4.69, 9.17) is 0 Å². The van der Waals surface area contributed by atoms with Gasteiger partial charge in [0.25, 0.3) is 0 Å². The first-order valence-corrected chi connectivity index (χ1v) is 4.39. The molecule has 2 atom stereocenters. The van der Waals surface area contributed by atoms with Crippen molar-refractivity contribution in [2.45, 2.75) is 31.7 Å². The van der Waals surface area contributed by atoms with Crippen molar-refractivity contribution in [1.82, 2.24) is 10.6 Å². The summed E-state index contributed by atoms with van der Waals surface area (Å²) in [6.07, 6.45) is 4.08. The van der Waals surface area contributed by atoms with Crippen LogP contribution in [0.1, 0.15) is 25.7 Å². The van der Waals surface area contributed by atoms with Gasteiger partial charge >= 0.3 is 6.03 Å². The van der Waals surface area contributed by atoms with Gasteiger partial charge in [-0.25, -0.2) is 4.79 Å². The zero-order valence-electron chi connectivity index (χ0n) is 6.80. The number of fused-ring (bicyclic) bond motifs is 1. The molecule has 0 spiro atoms. The number of imide groups is 1. The van der Waals surface area contributed by atoms with E-state index in [1.54, 1.807) is 0 Å². The van der Waals surface area contributed by atoms with E-state index in [1.165, 1.54) is 0 Å². The summed E-state index contributed by atoms with van der Waals surface area (Å²) >= 11 is 0. The van der Waals surface area contributed by atoms with Gasteiger partial charge in [-0.1, -0.05) is 12.8 Å². The minimum absolute atomic E-state index is 0.0245. The van der Waals surface area contributed by atoms with Gasteiger partial charge in [0.2, 0.25) is 5.91 Å². The third-order valence-corrected chi connectivity index (χ3v) is 2.66. The standard InChI is InChI=1S/C8H12N2O2/c11-7-5-3-1-2-4-6(5)9-8(12)10-7/h5-6H,1-4H2,(H2,9,10,11,12)/t5-,6+/m0/s1. The van der Waals surface area contributed by atoms with Gasteiger partial charge in [0, 0.05) is 6.04 Å². The normalized spacial score (nSPS) is 35.0. The summed E-state index contributed by atoms with van der Waals surface area (Å²) in [7, 11) is 0. The molecule has 1 heterocycles. The molecule has 1 aliphatic carbocycles. The Labute approximate surface area is 70.7 Å². The molecule has 12 heavy (non-hydrogen) atoms. The van der Waals surface area contributed by atoms with Crippen molar-refractivity contribution in [3.8, 4) is 0 Å². The molecule has 2 aliphatic rings. The Bertz CT molecular complexity index is 227. The average Bonchev–Trinajstić information content (AvgIpc) is 2.04. The number of rotatable bonds is 0. The first-order valence-electron chi connectivity index (χ1n) is 4.39. The Kier molecular flexibility index (Phi) is 1.75. The largest absolute Gasteiger partial charge is 0.334 e. The molecule has 3 amide bonds. The second-order valence-corrected chi connectivity index (χ2v) is 3.46. The Morgan fingerprint density at radius 2 is 1.92 bits per heavy atom. The molecule has 0 aromatic heterocycles. The fraction of sp³-hybridized carbons (Fsp3) is 0.750. The number of hydrogen-bond donors (Lipinski definition) is 2. The van der Waals surface area contributed by atoms with Crippen LogP contribution in [0.3, 0.4) is 0 Å². The number of hydrogen-bond acceptors (Lipinski definition) is 2. The summed E-state index contributed by atoms with van der Waals surface area (Å²) in [5.41, 5.74) is 0. The van der Waals surface area contributed by atoms with E-state index in [9.17, 15) is 9.59 Å². The molecule has 1 saturated heterocycles. The average molecular weight is 168 g/mol. The fourth-order valence-electron chi connectivity index (χ4n) is 2.03. The molecule has 2 rings (SSSR count). The first-order chi connectivity index (χ1) is 5.77. The third-order valence-electron chi connectivity index (χ3n) is 2.66. The Balaban J connectivity index is 2.11. The van der Waals surface area contributed by atoms with Gasteiger partial charge in [-0.15, -0.1) is 0 Å².